The number of aromatic nitrogens is 4. The summed E-state index contributed by atoms with van der Waals surface area (Å²) in [5.41, 5.74) is 4.94. The molecule has 1 aliphatic rings. The number of imidazole rings is 1. The number of anilines is 1. The van der Waals surface area contributed by atoms with Gasteiger partial charge in [0.1, 0.15) is 12.8 Å². The van der Waals surface area contributed by atoms with Crippen LogP contribution in [0.2, 0.25) is 0 Å². The summed E-state index contributed by atoms with van der Waals surface area (Å²) in [5.74, 6) is -0.0872. The molecule has 0 amide bonds. The smallest absolute Gasteiger partial charge is 0.332 e. The van der Waals surface area contributed by atoms with Gasteiger partial charge in [0.25, 0.3) is 12.0 Å². The van der Waals surface area contributed by atoms with Crippen molar-refractivity contribution in [2.45, 2.75) is 31.7 Å². The Bertz CT molecular complexity index is 895. The van der Waals surface area contributed by atoms with E-state index in [1.165, 1.54) is 15.2 Å². The molecule has 128 valence electrons. The number of carbonyl (C=O) groups is 1. The van der Waals surface area contributed by atoms with Crippen molar-refractivity contribution in [3.05, 3.63) is 33.5 Å². The molecule has 2 unspecified atom stereocenters. The predicted molar refractivity (Wildman–Crippen MR) is 84.4 cm³/mol. The minimum absolute atomic E-state index is 0.0872. The molecule has 0 bridgehead atoms. The molecular weight excluding hydrogens is 318 g/mol. The van der Waals surface area contributed by atoms with Gasteiger partial charge >= 0.3 is 5.69 Å². The molecule has 10 nitrogen and oxygen atoms in total. The van der Waals surface area contributed by atoms with Crippen molar-refractivity contribution in [2.24, 2.45) is 0 Å². The highest BCUT2D eigenvalue weighted by molar-refractivity contribution is 5.71. The lowest BCUT2D eigenvalue weighted by atomic mass is 10.2. The molecule has 0 saturated carbocycles. The number of allylic oxidation sites excluding steroid dienone is 1. The van der Waals surface area contributed by atoms with Gasteiger partial charge in [-0.15, -0.1) is 6.58 Å². The first kappa shape index (κ1) is 16.0. The largest absolute Gasteiger partial charge is 0.465 e. The zero-order chi connectivity index (χ0) is 17.3. The number of fused-ring (bicyclic) bond motifs is 1. The normalized spacial score (nSPS) is 20.3. The van der Waals surface area contributed by atoms with Gasteiger partial charge in [-0.1, -0.05) is 6.08 Å². The summed E-state index contributed by atoms with van der Waals surface area (Å²) in [6, 6.07) is 0. The molecule has 1 fully saturated rings. The molecular formula is C14H17N5O5. The standard InChI is InChI=1S/C14H17N5O5/c1-2-5-18-10-11(16-13(15)17-12(10)21)19(14(18)22)9-4-3-8(24-9)6-23-7-20/h2,7-9H,1,3-6H2,(H3,15,16,17,21). The van der Waals surface area contributed by atoms with E-state index in [1.807, 2.05) is 0 Å². The van der Waals surface area contributed by atoms with Crippen LogP contribution < -0.4 is 17.0 Å². The lowest BCUT2D eigenvalue weighted by Gasteiger charge is -2.13. The van der Waals surface area contributed by atoms with E-state index in [1.54, 1.807) is 0 Å². The molecule has 10 heteroatoms. The molecule has 24 heavy (non-hydrogen) atoms. The van der Waals surface area contributed by atoms with Gasteiger partial charge in [-0.25, -0.2) is 9.36 Å². The maximum atomic E-state index is 12.7. The van der Waals surface area contributed by atoms with Gasteiger partial charge in [0, 0.05) is 6.54 Å². The lowest BCUT2D eigenvalue weighted by molar-refractivity contribution is -0.133. The molecule has 2 atom stereocenters. The van der Waals surface area contributed by atoms with E-state index in [-0.39, 0.29) is 36.4 Å². The van der Waals surface area contributed by atoms with E-state index in [0.717, 1.165) is 0 Å². The predicted octanol–water partition coefficient (Wildman–Crippen LogP) is -0.495. The van der Waals surface area contributed by atoms with Crippen LogP contribution in [-0.2, 0) is 20.8 Å². The fourth-order valence-electron chi connectivity index (χ4n) is 2.90. The van der Waals surface area contributed by atoms with Crippen LogP contribution in [-0.4, -0.2) is 38.3 Å². The highest BCUT2D eigenvalue weighted by Crippen LogP contribution is 2.29. The number of H-pyrrole nitrogens is 1. The molecule has 3 heterocycles. The van der Waals surface area contributed by atoms with Crippen LogP contribution in [0.25, 0.3) is 11.2 Å². The first-order chi connectivity index (χ1) is 11.6. The Morgan fingerprint density at radius 3 is 2.96 bits per heavy atom. The summed E-state index contributed by atoms with van der Waals surface area (Å²) in [6.45, 7) is 4.21. The third-order valence-corrected chi connectivity index (χ3v) is 3.86. The molecule has 0 aliphatic carbocycles. The van der Waals surface area contributed by atoms with Crippen LogP contribution in [0.1, 0.15) is 19.1 Å². The van der Waals surface area contributed by atoms with E-state index in [2.05, 4.69) is 16.5 Å². The molecule has 2 aromatic heterocycles. The second-order valence-electron chi connectivity index (χ2n) is 5.39. The average Bonchev–Trinajstić information content (AvgIpc) is 3.09. The number of aromatic amines is 1. The summed E-state index contributed by atoms with van der Waals surface area (Å²) in [7, 11) is 0. The number of nitrogens with zero attached hydrogens (tertiary/aromatic N) is 3. The Morgan fingerprint density at radius 1 is 1.46 bits per heavy atom. The van der Waals surface area contributed by atoms with E-state index in [9.17, 15) is 14.4 Å². The van der Waals surface area contributed by atoms with Crippen molar-refractivity contribution < 1.29 is 14.3 Å². The topological polar surface area (TPSA) is 134 Å². The molecule has 0 radical (unpaired) electrons. The van der Waals surface area contributed by atoms with Gasteiger partial charge in [-0.05, 0) is 12.8 Å². The van der Waals surface area contributed by atoms with Crippen molar-refractivity contribution in [1.29, 1.82) is 0 Å². The lowest BCUT2D eigenvalue weighted by Crippen LogP contribution is -2.28. The fraction of sp³-hybridized carbons (Fsp3) is 0.429. The van der Waals surface area contributed by atoms with Crippen molar-refractivity contribution in [3.8, 4) is 0 Å². The molecule has 1 saturated heterocycles. The quantitative estimate of drug-likeness (QED) is 0.537. The minimum Gasteiger partial charge on any atom is -0.465 e. The Hall–Kier alpha value is -2.88. The summed E-state index contributed by atoms with van der Waals surface area (Å²) in [5, 5.41) is 0. The van der Waals surface area contributed by atoms with Crippen molar-refractivity contribution >= 4 is 23.6 Å². The van der Waals surface area contributed by atoms with Crippen LogP contribution in [0.4, 0.5) is 5.95 Å². The molecule has 0 spiro atoms. The summed E-state index contributed by atoms with van der Waals surface area (Å²) < 4.78 is 13.0. The highest BCUT2D eigenvalue weighted by atomic mass is 16.6. The Kier molecular flexibility index (Phi) is 4.21. The first-order valence-corrected chi connectivity index (χ1v) is 7.39. The van der Waals surface area contributed by atoms with E-state index < -0.39 is 17.5 Å². The van der Waals surface area contributed by atoms with Gasteiger partial charge in [-0.3, -0.25) is 19.1 Å². The third-order valence-electron chi connectivity index (χ3n) is 3.86. The number of carbonyl (C=O) groups excluding carboxylic acids is 1. The second-order valence-corrected chi connectivity index (χ2v) is 5.39. The van der Waals surface area contributed by atoms with Crippen molar-refractivity contribution in [2.75, 3.05) is 12.3 Å². The Labute approximate surface area is 135 Å². The number of rotatable bonds is 6. The van der Waals surface area contributed by atoms with Crippen LogP contribution in [0.15, 0.2) is 22.2 Å². The first-order valence-electron chi connectivity index (χ1n) is 7.39. The summed E-state index contributed by atoms with van der Waals surface area (Å²) in [4.78, 5) is 41.7. The van der Waals surface area contributed by atoms with Gasteiger partial charge in [-0.2, -0.15) is 4.98 Å². The van der Waals surface area contributed by atoms with Crippen LogP contribution in [0.5, 0.6) is 0 Å². The monoisotopic (exact) mass is 335 g/mol. The highest BCUT2D eigenvalue weighted by Gasteiger charge is 2.31. The fourth-order valence-corrected chi connectivity index (χ4v) is 2.90. The van der Waals surface area contributed by atoms with Crippen molar-refractivity contribution in [1.82, 2.24) is 19.1 Å². The molecule has 3 rings (SSSR count). The molecule has 0 aromatic carbocycles. The zero-order valence-corrected chi connectivity index (χ0v) is 12.8. The van der Waals surface area contributed by atoms with E-state index >= 15 is 0 Å². The Balaban J connectivity index is 2.10. The number of hydrogen-bond acceptors (Lipinski definition) is 7. The van der Waals surface area contributed by atoms with Crippen LogP contribution in [0.3, 0.4) is 0 Å². The maximum Gasteiger partial charge on any atom is 0.332 e. The average molecular weight is 335 g/mol. The van der Waals surface area contributed by atoms with Crippen LogP contribution in [0, 0.1) is 0 Å². The van der Waals surface area contributed by atoms with Crippen LogP contribution >= 0.6 is 0 Å². The summed E-state index contributed by atoms with van der Waals surface area (Å²) >= 11 is 0. The molecule has 2 aromatic rings. The SMILES string of the molecule is C=CCn1c(=O)n(C2CCC(COC=O)O2)c2nc(N)[nH]c(=O)c21. The number of hydrogen-bond donors (Lipinski definition) is 2. The van der Waals surface area contributed by atoms with Gasteiger partial charge in [0.15, 0.2) is 11.2 Å². The summed E-state index contributed by atoms with van der Waals surface area (Å²) in [6.07, 6.45) is 1.72. The molecule has 1 aliphatic heterocycles. The number of ether oxygens (including phenoxy) is 2. The number of nitrogens with two attached hydrogens (primary N) is 1. The number of nitrogens with one attached hydrogen (secondary N) is 1. The van der Waals surface area contributed by atoms with E-state index in [0.29, 0.717) is 19.3 Å². The zero-order valence-electron chi connectivity index (χ0n) is 12.8. The van der Waals surface area contributed by atoms with Gasteiger partial charge in [0.2, 0.25) is 5.95 Å². The Morgan fingerprint density at radius 2 is 2.25 bits per heavy atom. The maximum absolute atomic E-state index is 12.7. The number of nitrogen functional groups attached to an aromatic ring is 1. The third kappa shape index (κ3) is 2.60. The van der Waals surface area contributed by atoms with Crippen molar-refractivity contribution in [3.63, 3.8) is 0 Å². The minimum atomic E-state index is -0.611. The second kappa shape index (κ2) is 6.32. The molecule has 3 N–H and O–H groups in total. The van der Waals surface area contributed by atoms with Gasteiger partial charge in [0.05, 0.1) is 6.10 Å². The van der Waals surface area contributed by atoms with E-state index in [4.69, 9.17) is 15.2 Å². The van der Waals surface area contributed by atoms with Gasteiger partial charge < -0.3 is 15.2 Å².